The van der Waals surface area contributed by atoms with Gasteiger partial charge in [0.05, 0.1) is 5.56 Å². The molecule has 1 saturated heterocycles. The molecule has 3 rings (SSSR count). The Bertz CT molecular complexity index is 733. The Hall–Kier alpha value is -1.98. The zero-order valence-corrected chi connectivity index (χ0v) is 16.0. The molecule has 0 bridgehead atoms. The standard InChI is InChI=1S/C21H26F3NO2/c1-20(2,3)27-19(26)25-10-8-14(9-11-25)12-16-6-7-17(21(22,23)24)13-18(16)15-4-5-15/h6-7,12-13,15H,4-5,8-11H2,1-3H3. The number of carbonyl (C=O) groups is 1. The van der Waals surface area contributed by atoms with Gasteiger partial charge >= 0.3 is 12.3 Å². The predicted octanol–water partition coefficient (Wildman–Crippen LogP) is 6.00. The highest BCUT2D eigenvalue weighted by molar-refractivity contribution is 5.69. The van der Waals surface area contributed by atoms with Crippen LogP contribution in [0.25, 0.3) is 6.08 Å². The summed E-state index contributed by atoms with van der Waals surface area (Å²) in [6, 6.07) is 4.05. The number of piperidine rings is 1. The van der Waals surface area contributed by atoms with Gasteiger partial charge in [0.15, 0.2) is 0 Å². The van der Waals surface area contributed by atoms with Gasteiger partial charge in [-0.3, -0.25) is 0 Å². The van der Waals surface area contributed by atoms with E-state index in [4.69, 9.17) is 4.74 Å². The lowest BCUT2D eigenvalue weighted by molar-refractivity contribution is -0.137. The van der Waals surface area contributed by atoms with Crippen molar-refractivity contribution < 1.29 is 22.7 Å². The molecule has 1 heterocycles. The Balaban J connectivity index is 1.70. The van der Waals surface area contributed by atoms with E-state index in [1.54, 1.807) is 11.0 Å². The molecule has 1 amide bonds. The average molecular weight is 381 g/mol. The molecular weight excluding hydrogens is 355 g/mol. The number of nitrogens with zero attached hydrogens (tertiary/aromatic N) is 1. The van der Waals surface area contributed by atoms with Gasteiger partial charge in [-0.2, -0.15) is 13.2 Å². The third-order valence-electron chi connectivity index (χ3n) is 4.85. The summed E-state index contributed by atoms with van der Waals surface area (Å²) in [6.07, 6.45) is 0.714. The highest BCUT2D eigenvalue weighted by atomic mass is 19.4. The van der Waals surface area contributed by atoms with Gasteiger partial charge in [-0.25, -0.2) is 4.79 Å². The van der Waals surface area contributed by atoms with Gasteiger partial charge in [0.25, 0.3) is 0 Å². The molecule has 6 heteroatoms. The van der Waals surface area contributed by atoms with E-state index in [9.17, 15) is 18.0 Å². The summed E-state index contributed by atoms with van der Waals surface area (Å²) in [6.45, 7) is 6.65. The molecule has 2 aliphatic rings. The number of halogens is 3. The average Bonchev–Trinajstić information content (AvgIpc) is 3.38. The van der Waals surface area contributed by atoms with Crippen LogP contribution in [-0.4, -0.2) is 29.7 Å². The minimum absolute atomic E-state index is 0.237. The molecule has 3 nitrogen and oxygen atoms in total. The molecular formula is C21H26F3NO2. The Labute approximate surface area is 158 Å². The van der Waals surface area contributed by atoms with Crippen LogP contribution in [-0.2, 0) is 10.9 Å². The molecule has 0 atom stereocenters. The summed E-state index contributed by atoms with van der Waals surface area (Å²) in [5.41, 5.74) is 1.74. The fraction of sp³-hybridized carbons (Fsp3) is 0.571. The number of amides is 1. The minimum atomic E-state index is -4.31. The van der Waals surface area contributed by atoms with E-state index in [0.717, 1.165) is 35.6 Å². The lowest BCUT2D eigenvalue weighted by Crippen LogP contribution is -2.40. The van der Waals surface area contributed by atoms with Crippen LogP contribution in [0.5, 0.6) is 0 Å². The molecule has 0 radical (unpaired) electrons. The van der Waals surface area contributed by atoms with Crippen LogP contribution in [0.15, 0.2) is 23.8 Å². The van der Waals surface area contributed by atoms with Crippen molar-refractivity contribution in [2.75, 3.05) is 13.1 Å². The number of ether oxygens (including phenoxy) is 1. The maximum atomic E-state index is 13.0. The van der Waals surface area contributed by atoms with E-state index < -0.39 is 17.3 Å². The molecule has 1 aromatic carbocycles. The van der Waals surface area contributed by atoms with Crippen molar-refractivity contribution in [2.45, 2.75) is 64.1 Å². The molecule has 148 valence electrons. The SMILES string of the molecule is CC(C)(C)OC(=O)N1CCC(=Cc2ccc(C(F)(F)F)cc2C2CC2)CC1. The van der Waals surface area contributed by atoms with Crippen LogP contribution in [0.2, 0.25) is 0 Å². The van der Waals surface area contributed by atoms with E-state index in [1.165, 1.54) is 6.07 Å². The lowest BCUT2D eigenvalue weighted by atomic mass is 9.95. The summed E-state index contributed by atoms with van der Waals surface area (Å²) in [4.78, 5) is 13.8. The Morgan fingerprint density at radius 2 is 1.78 bits per heavy atom. The van der Waals surface area contributed by atoms with Crippen molar-refractivity contribution in [3.05, 3.63) is 40.5 Å². The van der Waals surface area contributed by atoms with Gasteiger partial charge in [-0.15, -0.1) is 0 Å². The number of hydrogen-bond donors (Lipinski definition) is 0. The van der Waals surface area contributed by atoms with Gasteiger partial charge in [0, 0.05) is 13.1 Å². The number of likely N-dealkylation sites (tertiary alicyclic amines) is 1. The third kappa shape index (κ3) is 5.27. The Morgan fingerprint density at radius 3 is 2.30 bits per heavy atom. The predicted molar refractivity (Wildman–Crippen MR) is 98.4 cm³/mol. The van der Waals surface area contributed by atoms with E-state index in [0.29, 0.717) is 25.9 Å². The van der Waals surface area contributed by atoms with E-state index in [2.05, 4.69) is 0 Å². The van der Waals surface area contributed by atoms with Crippen molar-refractivity contribution in [1.82, 2.24) is 4.90 Å². The Morgan fingerprint density at radius 1 is 1.15 bits per heavy atom. The molecule has 27 heavy (non-hydrogen) atoms. The molecule has 1 saturated carbocycles. The molecule has 0 aromatic heterocycles. The summed E-state index contributed by atoms with van der Waals surface area (Å²) >= 11 is 0. The second-order valence-corrected chi connectivity index (χ2v) is 8.39. The van der Waals surface area contributed by atoms with Crippen LogP contribution in [0.4, 0.5) is 18.0 Å². The van der Waals surface area contributed by atoms with Crippen molar-refractivity contribution in [1.29, 1.82) is 0 Å². The zero-order chi connectivity index (χ0) is 19.8. The van der Waals surface area contributed by atoms with Gasteiger partial charge in [-0.05, 0) is 75.6 Å². The Kier molecular flexibility index (Phi) is 5.28. The van der Waals surface area contributed by atoms with Crippen molar-refractivity contribution in [3.63, 3.8) is 0 Å². The van der Waals surface area contributed by atoms with E-state index >= 15 is 0 Å². The molecule has 1 aliphatic carbocycles. The van der Waals surface area contributed by atoms with E-state index in [1.807, 2.05) is 26.8 Å². The third-order valence-corrected chi connectivity index (χ3v) is 4.85. The monoisotopic (exact) mass is 381 g/mol. The molecule has 0 N–H and O–H groups in total. The normalized spacial score (nSPS) is 18.4. The highest BCUT2D eigenvalue weighted by Crippen LogP contribution is 2.44. The highest BCUT2D eigenvalue weighted by Gasteiger charge is 2.34. The maximum absolute atomic E-state index is 13.0. The second kappa shape index (κ2) is 7.21. The van der Waals surface area contributed by atoms with Gasteiger partial charge in [0.1, 0.15) is 5.60 Å². The van der Waals surface area contributed by atoms with Crippen LogP contribution in [0, 0.1) is 0 Å². The van der Waals surface area contributed by atoms with Crippen molar-refractivity contribution in [2.24, 2.45) is 0 Å². The molecule has 0 spiro atoms. The smallest absolute Gasteiger partial charge is 0.416 e. The van der Waals surface area contributed by atoms with Crippen molar-refractivity contribution in [3.8, 4) is 0 Å². The molecule has 1 aromatic rings. The minimum Gasteiger partial charge on any atom is -0.444 e. The summed E-state index contributed by atoms with van der Waals surface area (Å²) < 4.78 is 44.4. The summed E-state index contributed by atoms with van der Waals surface area (Å²) in [5, 5.41) is 0. The van der Waals surface area contributed by atoms with Gasteiger partial charge in [0.2, 0.25) is 0 Å². The number of rotatable bonds is 2. The quantitative estimate of drug-likeness (QED) is 0.629. The van der Waals surface area contributed by atoms with Crippen LogP contribution >= 0.6 is 0 Å². The lowest BCUT2D eigenvalue weighted by Gasteiger charge is -2.31. The van der Waals surface area contributed by atoms with Gasteiger partial charge < -0.3 is 9.64 Å². The fourth-order valence-electron chi connectivity index (χ4n) is 3.30. The van der Waals surface area contributed by atoms with Gasteiger partial charge in [-0.1, -0.05) is 17.7 Å². The fourth-order valence-corrected chi connectivity index (χ4v) is 3.30. The first-order valence-electron chi connectivity index (χ1n) is 9.41. The molecule has 0 unspecified atom stereocenters. The first-order valence-corrected chi connectivity index (χ1v) is 9.41. The molecule has 1 aliphatic heterocycles. The number of benzene rings is 1. The summed E-state index contributed by atoms with van der Waals surface area (Å²) in [5.74, 6) is 0.237. The van der Waals surface area contributed by atoms with Crippen LogP contribution in [0.1, 0.15) is 69.1 Å². The summed E-state index contributed by atoms with van der Waals surface area (Å²) in [7, 11) is 0. The first-order chi connectivity index (χ1) is 12.5. The number of carbonyl (C=O) groups excluding carboxylic acids is 1. The van der Waals surface area contributed by atoms with E-state index in [-0.39, 0.29) is 12.0 Å². The first kappa shape index (κ1) is 19.8. The number of hydrogen-bond acceptors (Lipinski definition) is 2. The maximum Gasteiger partial charge on any atom is 0.416 e. The van der Waals surface area contributed by atoms with Crippen LogP contribution < -0.4 is 0 Å². The molecule has 2 fully saturated rings. The number of alkyl halides is 3. The largest absolute Gasteiger partial charge is 0.444 e. The topological polar surface area (TPSA) is 29.5 Å². The second-order valence-electron chi connectivity index (χ2n) is 8.39. The van der Waals surface area contributed by atoms with Crippen molar-refractivity contribution >= 4 is 12.2 Å². The van der Waals surface area contributed by atoms with Crippen LogP contribution in [0.3, 0.4) is 0 Å². The zero-order valence-electron chi connectivity index (χ0n) is 16.0.